The zero-order valence-corrected chi connectivity index (χ0v) is 55.0. The molecule has 18 nitrogen and oxygen atoms in total. The van der Waals surface area contributed by atoms with Crippen LogP contribution in [0.2, 0.25) is 0 Å². The Morgan fingerprint density at radius 1 is 0.404 bits per heavy atom. The van der Waals surface area contributed by atoms with Gasteiger partial charge in [-0.05, 0) is 122 Å². The SMILES string of the molecule is CCC(=O)N(c1ccccc1C(F)(F)F)C1CCN(C(=O)COc2ccc(CO)cc2)C1.CCCC(=O)N(c1ccccc1C(F)(F)F)C1CCN(C(=O)COc2ccc(CO)cc2)C1.CCCCC(=O)N(c1ccccc1C(F)(F)F)C1CCN(C(=O)COc2ccc(CO)cc2)C1. The van der Waals surface area contributed by atoms with E-state index < -0.39 is 65.2 Å². The Labute approximate surface area is 568 Å². The number of aliphatic hydroxyl groups is 3. The summed E-state index contributed by atoms with van der Waals surface area (Å²) in [5.41, 5.74) is -0.995. The summed E-state index contributed by atoms with van der Waals surface area (Å²) in [6.07, 6.45) is -10.6. The van der Waals surface area contributed by atoms with E-state index in [2.05, 4.69) is 0 Å². The van der Waals surface area contributed by atoms with Gasteiger partial charge in [0.05, 0.1) is 71.7 Å². The zero-order valence-electron chi connectivity index (χ0n) is 55.0. The number of hydrogen-bond acceptors (Lipinski definition) is 12. The van der Waals surface area contributed by atoms with Crippen molar-refractivity contribution >= 4 is 52.5 Å². The standard InChI is InChI=1S/C25H29F3N2O4.C24H27F3N2O4.C23H25F3N2O4/c1-2-3-8-23(32)30(22-7-5-4-6-21(22)25(26,27)28)19-13-14-29(15-19)24(33)17-34-20-11-9-18(16-31)10-12-20;1-2-5-22(31)29(21-7-4-3-6-20(21)24(25,26)27)18-12-13-28(14-18)23(32)16-33-19-10-8-17(15-30)9-11-19;1-2-21(30)28(20-6-4-3-5-19(20)23(24,25)26)17-11-12-27(13-17)22(31)15-32-18-9-7-16(14-29)8-10-18/h4-7,9-12,19,31H,2-3,8,13-17H2,1H3;3-4,6-11,18,30H,2,5,12-16H2,1H3;3-10,17,29H,2,11-15H2,1H3. The predicted molar refractivity (Wildman–Crippen MR) is 350 cm³/mol. The van der Waals surface area contributed by atoms with Gasteiger partial charge in [-0.2, -0.15) is 39.5 Å². The number of unbranched alkanes of at least 4 members (excludes halogenated alkanes) is 1. The van der Waals surface area contributed by atoms with Crippen molar-refractivity contribution in [2.45, 2.75) is 135 Å². The van der Waals surface area contributed by atoms with E-state index in [-0.39, 0.29) is 119 Å². The van der Waals surface area contributed by atoms with Crippen molar-refractivity contribution in [3.8, 4) is 17.2 Å². The second kappa shape index (κ2) is 36.0. The Balaban J connectivity index is 0.000000209. The quantitative estimate of drug-likeness (QED) is 0.0483. The van der Waals surface area contributed by atoms with Gasteiger partial charge in [0.25, 0.3) is 17.7 Å². The minimum Gasteiger partial charge on any atom is -0.484 e. The molecule has 0 radical (unpaired) electrons. The van der Waals surface area contributed by atoms with Gasteiger partial charge in [0, 0.05) is 58.5 Å². The van der Waals surface area contributed by atoms with Crippen LogP contribution in [0, 0.1) is 0 Å². The lowest BCUT2D eigenvalue weighted by molar-refractivity contribution is -0.138. The highest BCUT2D eigenvalue weighted by molar-refractivity contribution is 5.97. The van der Waals surface area contributed by atoms with E-state index in [4.69, 9.17) is 29.5 Å². The molecule has 3 N–H and O–H groups in total. The number of benzene rings is 6. The molecule has 0 aliphatic carbocycles. The van der Waals surface area contributed by atoms with E-state index in [1.54, 1.807) is 86.6 Å². The van der Waals surface area contributed by atoms with Crippen LogP contribution in [0.3, 0.4) is 0 Å². The molecule has 6 amide bonds. The highest BCUT2D eigenvalue weighted by atomic mass is 19.4. The molecule has 3 unspecified atom stereocenters. The van der Waals surface area contributed by atoms with Crippen molar-refractivity contribution in [1.82, 2.24) is 14.7 Å². The van der Waals surface area contributed by atoms with Gasteiger partial charge in [0.15, 0.2) is 19.8 Å². The van der Waals surface area contributed by atoms with Crippen LogP contribution in [0.1, 0.15) is 112 Å². The van der Waals surface area contributed by atoms with Crippen molar-refractivity contribution in [2.24, 2.45) is 0 Å². The van der Waals surface area contributed by atoms with E-state index in [9.17, 15) is 68.3 Å². The van der Waals surface area contributed by atoms with Gasteiger partial charge in [-0.1, -0.05) is 100.0 Å². The van der Waals surface area contributed by atoms with Crippen molar-refractivity contribution < 1.29 is 97.8 Å². The summed E-state index contributed by atoms with van der Waals surface area (Å²) in [4.78, 5) is 84.6. The third kappa shape index (κ3) is 21.4. The van der Waals surface area contributed by atoms with Gasteiger partial charge in [0.1, 0.15) is 17.2 Å². The van der Waals surface area contributed by atoms with Crippen LogP contribution in [0.5, 0.6) is 17.2 Å². The molecule has 3 aliphatic rings. The minimum atomic E-state index is -4.60. The Bertz CT molecular complexity index is 3640. The first-order valence-electron chi connectivity index (χ1n) is 32.5. The molecule has 0 aromatic heterocycles. The smallest absolute Gasteiger partial charge is 0.418 e. The number of rotatable bonds is 24. The van der Waals surface area contributed by atoms with Crippen LogP contribution >= 0.6 is 0 Å². The molecule has 534 valence electrons. The number of carbonyl (C=O) groups is 6. The van der Waals surface area contributed by atoms with Crippen LogP contribution < -0.4 is 28.9 Å². The number of anilines is 3. The molecule has 0 bridgehead atoms. The van der Waals surface area contributed by atoms with Crippen molar-refractivity contribution in [3.05, 3.63) is 179 Å². The summed E-state index contributed by atoms with van der Waals surface area (Å²) >= 11 is 0. The number of likely N-dealkylation sites (tertiary alicyclic amines) is 3. The fraction of sp³-hybridized carbons (Fsp3) is 0.417. The maximum absolute atomic E-state index is 13.7. The molecule has 3 saturated heterocycles. The third-order valence-corrected chi connectivity index (χ3v) is 16.8. The van der Waals surface area contributed by atoms with E-state index in [1.165, 1.54) is 84.0 Å². The molecule has 27 heteroatoms. The van der Waals surface area contributed by atoms with Gasteiger partial charge < -0.3 is 58.9 Å². The fourth-order valence-corrected chi connectivity index (χ4v) is 11.6. The first-order chi connectivity index (χ1) is 47.2. The van der Waals surface area contributed by atoms with Crippen LogP contribution in [-0.2, 0) is 67.1 Å². The van der Waals surface area contributed by atoms with E-state index in [0.29, 0.717) is 85.7 Å². The molecule has 9 rings (SSSR count). The number of halogens is 9. The summed E-state index contributed by atoms with van der Waals surface area (Å²) in [6.45, 7) is 5.67. The topological polar surface area (TPSA) is 210 Å². The minimum absolute atomic E-state index is 0.0452. The summed E-state index contributed by atoms with van der Waals surface area (Å²) in [7, 11) is 0. The Morgan fingerprint density at radius 2 is 0.687 bits per heavy atom. The average molecular weight is 1390 g/mol. The average Bonchev–Trinajstić information content (AvgIpc) is 1.79. The monoisotopic (exact) mass is 1390 g/mol. The summed E-state index contributed by atoms with van der Waals surface area (Å²) in [5.74, 6) is -0.727. The molecule has 3 atom stereocenters. The van der Waals surface area contributed by atoms with Gasteiger partial charge >= 0.3 is 18.5 Å². The van der Waals surface area contributed by atoms with Crippen LogP contribution in [-0.4, -0.2) is 143 Å². The molecule has 6 aromatic rings. The first kappa shape index (κ1) is 77.1. The Morgan fingerprint density at radius 3 is 0.949 bits per heavy atom. The summed E-state index contributed by atoms with van der Waals surface area (Å²) in [5, 5.41) is 27.3. The molecule has 3 fully saturated rings. The highest BCUT2D eigenvalue weighted by Crippen LogP contribution is 2.42. The van der Waals surface area contributed by atoms with E-state index in [1.807, 2.05) is 6.92 Å². The lowest BCUT2D eigenvalue weighted by Gasteiger charge is -2.31. The largest absolute Gasteiger partial charge is 0.484 e. The lowest BCUT2D eigenvalue weighted by Crippen LogP contribution is -2.44. The number of aliphatic hydroxyl groups excluding tert-OH is 3. The molecule has 99 heavy (non-hydrogen) atoms. The maximum Gasteiger partial charge on any atom is 0.418 e. The maximum atomic E-state index is 13.7. The number of alkyl halides is 9. The molecular weight excluding hydrogens is 1310 g/mol. The Kier molecular flexibility index (Phi) is 28.1. The summed E-state index contributed by atoms with van der Waals surface area (Å²) < 4.78 is 139. The predicted octanol–water partition coefficient (Wildman–Crippen LogP) is 12.0. The van der Waals surface area contributed by atoms with E-state index >= 15 is 0 Å². The van der Waals surface area contributed by atoms with Crippen LogP contribution in [0.25, 0.3) is 0 Å². The van der Waals surface area contributed by atoms with Crippen molar-refractivity contribution in [1.29, 1.82) is 0 Å². The normalized spacial score (nSPS) is 16.0. The van der Waals surface area contributed by atoms with Crippen LogP contribution in [0.4, 0.5) is 56.6 Å². The number of hydrogen-bond donors (Lipinski definition) is 3. The van der Waals surface area contributed by atoms with Crippen molar-refractivity contribution in [3.63, 3.8) is 0 Å². The molecule has 0 saturated carbocycles. The number of para-hydroxylation sites is 3. The number of carbonyl (C=O) groups excluding carboxylic acids is 6. The van der Waals surface area contributed by atoms with Crippen molar-refractivity contribution in [2.75, 3.05) is 73.8 Å². The second-order valence-electron chi connectivity index (χ2n) is 23.7. The summed E-state index contributed by atoms with van der Waals surface area (Å²) in [6, 6.07) is 33.4. The second-order valence-corrected chi connectivity index (χ2v) is 23.7. The highest BCUT2D eigenvalue weighted by Gasteiger charge is 2.43. The lowest BCUT2D eigenvalue weighted by atomic mass is 10.1. The molecular formula is C72H81F9N6O12. The zero-order chi connectivity index (χ0) is 72.0. The van der Waals surface area contributed by atoms with Crippen LogP contribution in [0.15, 0.2) is 146 Å². The molecule has 3 aliphatic heterocycles. The number of ether oxygens (including phenoxy) is 3. The number of nitrogens with zero attached hydrogens (tertiary/aromatic N) is 6. The van der Waals surface area contributed by atoms with Gasteiger partial charge in [-0.3, -0.25) is 28.8 Å². The molecule has 3 heterocycles. The van der Waals surface area contributed by atoms with Gasteiger partial charge in [-0.15, -0.1) is 0 Å². The fourth-order valence-electron chi connectivity index (χ4n) is 11.6. The molecule has 0 spiro atoms. The number of amides is 6. The van der Waals surface area contributed by atoms with Gasteiger partial charge in [-0.25, -0.2) is 0 Å². The first-order valence-corrected chi connectivity index (χ1v) is 32.5. The molecule has 6 aromatic carbocycles. The Hall–Kier alpha value is -9.21. The van der Waals surface area contributed by atoms with Gasteiger partial charge in [0.2, 0.25) is 17.7 Å². The van der Waals surface area contributed by atoms with E-state index in [0.717, 1.165) is 24.6 Å². The third-order valence-electron chi connectivity index (χ3n) is 16.8.